The average Bonchev–Trinajstić information content (AvgIpc) is 3.11. The number of aromatic nitrogens is 2. The molecule has 3 heterocycles. The third-order valence-corrected chi connectivity index (χ3v) is 3.89. The molecule has 1 aromatic rings. The Kier molecular flexibility index (Phi) is 3.72. The summed E-state index contributed by atoms with van der Waals surface area (Å²) in [5.74, 6) is 0.877. The number of aldehydes is 1. The van der Waals surface area contributed by atoms with E-state index in [1.54, 1.807) is 13.8 Å². The smallest absolute Gasteiger partial charge is 0.270 e. The molecule has 0 spiro atoms. The minimum Gasteiger partial charge on any atom is -0.364 e. The van der Waals surface area contributed by atoms with Crippen LogP contribution in [0.4, 0.5) is 0 Å². The van der Waals surface area contributed by atoms with Crippen LogP contribution in [0.2, 0.25) is 0 Å². The Labute approximate surface area is 132 Å². The van der Waals surface area contributed by atoms with E-state index >= 15 is 0 Å². The van der Waals surface area contributed by atoms with Crippen molar-refractivity contribution in [2.24, 2.45) is 5.73 Å². The minimum absolute atomic E-state index is 0.00957. The van der Waals surface area contributed by atoms with Gasteiger partial charge in [-0.05, 0) is 19.8 Å². The van der Waals surface area contributed by atoms with E-state index in [1.807, 2.05) is 0 Å². The number of imidazole rings is 1. The molecular weight excluding hydrogens is 302 g/mol. The predicted molar refractivity (Wildman–Crippen MR) is 77.1 cm³/mol. The van der Waals surface area contributed by atoms with Gasteiger partial charge in [0.1, 0.15) is 24.2 Å². The largest absolute Gasteiger partial charge is 0.364 e. The summed E-state index contributed by atoms with van der Waals surface area (Å²) in [6.07, 6.45) is 5.80. The van der Waals surface area contributed by atoms with E-state index in [0.717, 1.165) is 6.29 Å². The van der Waals surface area contributed by atoms with Crippen LogP contribution in [0.3, 0.4) is 0 Å². The monoisotopic (exact) mass is 319 g/mol. The highest BCUT2D eigenvalue weighted by Crippen LogP contribution is 2.44. The highest BCUT2D eigenvalue weighted by atomic mass is 16.8. The summed E-state index contributed by atoms with van der Waals surface area (Å²) >= 11 is 0. The topological polar surface area (TPSA) is 106 Å². The van der Waals surface area contributed by atoms with Crippen LogP contribution in [-0.2, 0) is 19.0 Å². The second kappa shape index (κ2) is 5.45. The first-order valence-electron chi connectivity index (χ1n) is 7.16. The van der Waals surface area contributed by atoms with Crippen LogP contribution in [0.25, 0.3) is 0 Å². The molecule has 0 saturated carbocycles. The van der Waals surface area contributed by atoms with Crippen molar-refractivity contribution in [1.29, 1.82) is 0 Å². The number of nitrogens with two attached hydrogens (primary N) is 1. The highest BCUT2D eigenvalue weighted by molar-refractivity contribution is 5.93. The number of carbonyl (C=O) groups is 2. The molecule has 2 aliphatic heterocycles. The number of ether oxygens (including phenoxy) is 3. The van der Waals surface area contributed by atoms with Crippen LogP contribution < -0.4 is 5.73 Å². The number of carbonyl (C=O) groups excluding carboxylic acids is 2. The average molecular weight is 319 g/mol. The fraction of sp³-hybridized carbons (Fsp3) is 0.533. The number of hydrogen-bond donors (Lipinski definition) is 1. The van der Waals surface area contributed by atoms with Crippen LogP contribution in [0.15, 0.2) is 6.33 Å². The molecular formula is C15H17N3O5. The van der Waals surface area contributed by atoms with Crippen LogP contribution in [0, 0.1) is 12.3 Å². The summed E-state index contributed by atoms with van der Waals surface area (Å²) in [6, 6.07) is 0. The highest BCUT2D eigenvalue weighted by Gasteiger charge is 2.56. The second-order valence-electron chi connectivity index (χ2n) is 5.89. The molecule has 2 aliphatic rings. The van der Waals surface area contributed by atoms with Crippen LogP contribution in [-0.4, -0.2) is 45.8 Å². The Hall–Kier alpha value is -2.21. The zero-order valence-electron chi connectivity index (χ0n) is 12.8. The Balaban J connectivity index is 1.99. The Morgan fingerprint density at radius 2 is 2.22 bits per heavy atom. The number of hydrogen-bond acceptors (Lipinski definition) is 6. The van der Waals surface area contributed by atoms with Gasteiger partial charge in [0.05, 0.1) is 12.4 Å². The van der Waals surface area contributed by atoms with Gasteiger partial charge in [0.2, 0.25) is 0 Å². The van der Waals surface area contributed by atoms with E-state index in [9.17, 15) is 9.59 Å². The van der Waals surface area contributed by atoms with Crippen LogP contribution >= 0.6 is 0 Å². The number of primary amides is 1. The normalized spacial score (nSPS) is 31.5. The number of terminal acetylenes is 1. The Morgan fingerprint density at radius 1 is 1.52 bits per heavy atom. The Bertz CT molecular complexity index is 690. The van der Waals surface area contributed by atoms with Crippen molar-refractivity contribution in [1.82, 2.24) is 9.55 Å². The lowest BCUT2D eigenvalue weighted by atomic mass is 10.1. The first kappa shape index (κ1) is 15.7. The summed E-state index contributed by atoms with van der Waals surface area (Å²) in [7, 11) is 0. The van der Waals surface area contributed by atoms with Gasteiger partial charge in [0.25, 0.3) is 5.91 Å². The minimum atomic E-state index is -0.804. The third-order valence-electron chi connectivity index (χ3n) is 3.89. The van der Waals surface area contributed by atoms with Crippen LogP contribution in [0.1, 0.15) is 42.7 Å². The first-order chi connectivity index (χ1) is 10.9. The molecule has 0 radical (unpaired) electrons. The molecule has 122 valence electrons. The van der Waals surface area contributed by atoms with Gasteiger partial charge in [0.15, 0.2) is 17.7 Å². The van der Waals surface area contributed by atoms with Crippen molar-refractivity contribution in [2.45, 2.75) is 50.6 Å². The number of rotatable bonds is 4. The molecule has 8 nitrogen and oxygen atoms in total. The van der Waals surface area contributed by atoms with Gasteiger partial charge in [-0.3, -0.25) is 9.36 Å². The summed E-state index contributed by atoms with van der Waals surface area (Å²) < 4.78 is 19.1. The van der Waals surface area contributed by atoms with Gasteiger partial charge in [-0.15, -0.1) is 6.42 Å². The van der Waals surface area contributed by atoms with Crippen molar-refractivity contribution >= 4 is 12.2 Å². The molecule has 0 aromatic carbocycles. The lowest BCUT2D eigenvalue weighted by Gasteiger charge is -2.24. The molecule has 2 saturated heterocycles. The van der Waals surface area contributed by atoms with Gasteiger partial charge in [-0.25, -0.2) is 4.98 Å². The van der Waals surface area contributed by atoms with Crippen molar-refractivity contribution in [2.75, 3.05) is 0 Å². The molecule has 2 fully saturated rings. The van der Waals surface area contributed by atoms with Gasteiger partial charge in [0, 0.05) is 6.42 Å². The SMILES string of the molecule is C#Cc1c(C(N)=O)ncn1[C@@H]1O[C@H](CC=O)[C@H]2OC(C)(C)O[C@H]21. The summed E-state index contributed by atoms with van der Waals surface area (Å²) in [6.45, 7) is 3.57. The molecule has 1 amide bonds. The second-order valence-corrected chi connectivity index (χ2v) is 5.89. The van der Waals surface area contributed by atoms with E-state index in [-0.39, 0.29) is 17.8 Å². The lowest BCUT2D eigenvalue weighted by molar-refractivity contribution is -0.197. The summed E-state index contributed by atoms with van der Waals surface area (Å²) in [4.78, 5) is 26.2. The van der Waals surface area contributed by atoms with E-state index in [2.05, 4.69) is 10.9 Å². The zero-order chi connectivity index (χ0) is 16.8. The van der Waals surface area contributed by atoms with Gasteiger partial charge < -0.3 is 24.7 Å². The first-order valence-corrected chi connectivity index (χ1v) is 7.16. The molecule has 0 bridgehead atoms. The van der Waals surface area contributed by atoms with Gasteiger partial charge >= 0.3 is 0 Å². The summed E-state index contributed by atoms with van der Waals surface area (Å²) in [5, 5.41) is 0. The maximum Gasteiger partial charge on any atom is 0.270 e. The van der Waals surface area contributed by atoms with Crippen LogP contribution in [0.5, 0.6) is 0 Å². The standard InChI is InChI=1S/C15H17N3O5/c1-4-8-10(13(16)20)17-7-18(8)14-12-11(9(21-14)5-6-19)22-15(2,3)23-12/h1,6-7,9,11-12,14H,5H2,2-3H3,(H2,16,20)/t9-,11-,12-,14-/m1/s1. The number of fused-ring (bicyclic) bond motifs is 1. The van der Waals surface area contributed by atoms with Crippen molar-refractivity contribution in [3.63, 3.8) is 0 Å². The van der Waals surface area contributed by atoms with E-state index < -0.39 is 36.2 Å². The fourth-order valence-corrected chi connectivity index (χ4v) is 3.04. The molecule has 4 atom stereocenters. The number of nitrogens with zero attached hydrogens (tertiary/aromatic N) is 2. The maximum atomic E-state index is 11.4. The maximum absolute atomic E-state index is 11.4. The number of amides is 1. The molecule has 2 N–H and O–H groups in total. The van der Waals surface area contributed by atoms with E-state index in [1.165, 1.54) is 10.9 Å². The molecule has 3 rings (SSSR count). The molecule has 1 aromatic heterocycles. The molecule has 8 heteroatoms. The van der Waals surface area contributed by atoms with E-state index in [0.29, 0.717) is 0 Å². The lowest BCUT2D eigenvalue weighted by Crippen LogP contribution is -2.29. The molecule has 0 unspecified atom stereocenters. The summed E-state index contributed by atoms with van der Waals surface area (Å²) in [5.41, 5.74) is 5.47. The van der Waals surface area contributed by atoms with Crippen molar-refractivity contribution in [3.8, 4) is 12.3 Å². The Morgan fingerprint density at radius 3 is 2.83 bits per heavy atom. The molecule has 0 aliphatic carbocycles. The van der Waals surface area contributed by atoms with Gasteiger partial charge in [-0.1, -0.05) is 0 Å². The van der Waals surface area contributed by atoms with E-state index in [4.69, 9.17) is 26.4 Å². The third kappa shape index (κ3) is 2.53. The van der Waals surface area contributed by atoms with Crippen molar-refractivity contribution < 1.29 is 23.8 Å². The predicted octanol–water partition coefficient (Wildman–Crippen LogP) is -0.0302. The van der Waals surface area contributed by atoms with Crippen molar-refractivity contribution in [3.05, 3.63) is 17.7 Å². The molecule has 23 heavy (non-hydrogen) atoms. The fourth-order valence-electron chi connectivity index (χ4n) is 3.04. The van der Waals surface area contributed by atoms with Gasteiger partial charge in [-0.2, -0.15) is 0 Å². The quantitative estimate of drug-likeness (QED) is 0.617. The zero-order valence-corrected chi connectivity index (χ0v) is 12.8.